The first kappa shape index (κ1) is 38.7. The molecular formula is C36H44O13Si2. The molecule has 51 heavy (non-hydrogen) atoms. The van der Waals surface area contributed by atoms with E-state index in [9.17, 15) is 0 Å². The minimum Gasteiger partial charge on any atom is -0.497 e. The fraction of sp³-hybridized carbons (Fsp3) is 0.333. The van der Waals surface area contributed by atoms with Gasteiger partial charge in [0.1, 0.15) is 23.0 Å². The molecule has 0 heterocycles. The molecule has 4 rings (SSSR count). The van der Waals surface area contributed by atoms with Crippen molar-refractivity contribution in [1.29, 1.82) is 0 Å². The predicted octanol–water partition coefficient (Wildman–Crippen LogP) is 2.72. The van der Waals surface area contributed by atoms with Crippen molar-refractivity contribution in [2.75, 3.05) is 85.3 Å². The fourth-order valence-corrected chi connectivity index (χ4v) is 11.2. The number of methoxy groups -OCH3 is 12. The van der Waals surface area contributed by atoms with Crippen molar-refractivity contribution >= 4 is 38.8 Å². The quantitative estimate of drug-likeness (QED) is 0.139. The van der Waals surface area contributed by atoms with Crippen LogP contribution in [0.15, 0.2) is 48.5 Å². The lowest BCUT2D eigenvalue weighted by molar-refractivity contribution is 0.349. The summed E-state index contributed by atoms with van der Waals surface area (Å²) in [5.41, 5.74) is 0. The average molecular weight is 741 g/mol. The van der Waals surface area contributed by atoms with E-state index in [0.29, 0.717) is 89.7 Å². The highest BCUT2D eigenvalue weighted by Crippen LogP contribution is 2.36. The third-order valence-corrected chi connectivity index (χ3v) is 13.2. The molecule has 13 nitrogen and oxygen atoms in total. The molecule has 0 atom stereocenters. The van der Waals surface area contributed by atoms with E-state index in [0.717, 1.165) is 0 Å². The van der Waals surface area contributed by atoms with Crippen LogP contribution in [0.2, 0.25) is 0 Å². The highest BCUT2D eigenvalue weighted by atomic mass is 28.4. The third kappa shape index (κ3) is 7.79. The zero-order valence-corrected chi connectivity index (χ0v) is 32.9. The molecule has 0 aliphatic rings. The molecule has 0 spiro atoms. The highest BCUT2D eigenvalue weighted by molar-refractivity contribution is 6.93. The molecule has 0 saturated heterocycles. The second kappa shape index (κ2) is 17.7. The highest BCUT2D eigenvalue weighted by Gasteiger charge is 2.38. The first-order valence-electron chi connectivity index (χ1n) is 15.4. The van der Waals surface area contributed by atoms with Gasteiger partial charge >= 0.3 is 0 Å². The van der Waals surface area contributed by atoms with Gasteiger partial charge in [-0.1, -0.05) is 0 Å². The summed E-state index contributed by atoms with van der Waals surface area (Å²) in [6.07, 6.45) is 0. The van der Waals surface area contributed by atoms with Gasteiger partial charge in [0, 0.05) is 45.0 Å². The van der Waals surface area contributed by atoms with Crippen LogP contribution in [0.5, 0.6) is 69.0 Å². The van der Waals surface area contributed by atoms with Gasteiger partial charge in [0.25, 0.3) is 18.1 Å². The Bertz CT molecular complexity index is 1540. The molecule has 0 aliphatic carbocycles. The summed E-state index contributed by atoms with van der Waals surface area (Å²) in [6, 6.07) is 14.4. The van der Waals surface area contributed by atoms with E-state index >= 15 is 0 Å². The zero-order chi connectivity index (χ0) is 37.2. The smallest absolute Gasteiger partial charge is 0.280 e. The van der Waals surface area contributed by atoms with E-state index in [2.05, 4.69) is 0 Å². The van der Waals surface area contributed by atoms with Crippen molar-refractivity contribution in [2.24, 2.45) is 0 Å². The maximum absolute atomic E-state index is 7.56. The SMILES string of the molecule is COc1cc(OC)c([Si](O[Si](c2cc(OC)c(OC)cc2OC)c2cc(OC)c(OC)cc2OC)c2cc(OC)c(OC)cc2OC)cc1OC. The van der Waals surface area contributed by atoms with Crippen molar-refractivity contribution in [3.8, 4) is 69.0 Å². The van der Waals surface area contributed by atoms with Gasteiger partial charge in [-0.3, -0.25) is 0 Å². The number of hydrogen-bond donors (Lipinski definition) is 0. The molecule has 0 aromatic heterocycles. The molecule has 4 aromatic rings. The van der Waals surface area contributed by atoms with Crippen LogP contribution in [0.4, 0.5) is 0 Å². The molecule has 0 aliphatic heterocycles. The Morgan fingerprint density at radius 1 is 0.235 bits per heavy atom. The molecule has 0 unspecified atom stereocenters. The van der Waals surface area contributed by atoms with Crippen LogP contribution in [-0.4, -0.2) is 103 Å². The first-order valence-corrected chi connectivity index (χ1v) is 18.2. The Morgan fingerprint density at radius 3 is 0.549 bits per heavy atom. The molecule has 2 radical (unpaired) electrons. The Hall–Kier alpha value is -5.13. The van der Waals surface area contributed by atoms with Crippen molar-refractivity contribution in [3.63, 3.8) is 0 Å². The van der Waals surface area contributed by atoms with Gasteiger partial charge in [-0.2, -0.15) is 0 Å². The summed E-state index contributed by atoms with van der Waals surface area (Å²) in [7, 11) is 13.9. The van der Waals surface area contributed by atoms with E-state index in [4.69, 9.17) is 61.0 Å². The van der Waals surface area contributed by atoms with Crippen LogP contribution in [0, 0.1) is 0 Å². The van der Waals surface area contributed by atoms with Gasteiger partial charge in [-0.05, 0) is 24.3 Å². The van der Waals surface area contributed by atoms with Crippen LogP contribution in [0.1, 0.15) is 0 Å². The van der Waals surface area contributed by atoms with Gasteiger partial charge in [0.05, 0.1) is 85.3 Å². The molecule has 0 saturated carbocycles. The normalized spacial score (nSPS) is 10.8. The summed E-state index contributed by atoms with van der Waals surface area (Å²) in [5, 5.41) is 2.75. The number of ether oxygens (including phenoxy) is 12. The lowest BCUT2D eigenvalue weighted by atomic mass is 10.3. The van der Waals surface area contributed by atoms with E-state index in [1.165, 1.54) is 0 Å². The zero-order valence-electron chi connectivity index (χ0n) is 30.9. The maximum atomic E-state index is 7.56. The van der Waals surface area contributed by atoms with Gasteiger partial charge in [-0.15, -0.1) is 0 Å². The number of rotatable bonds is 18. The molecule has 274 valence electrons. The predicted molar refractivity (Wildman–Crippen MR) is 196 cm³/mol. The molecule has 0 amide bonds. The number of hydrogen-bond acceptors (Lipinski definition) is 13. The van der Waals surface area contributed by atoms with E-state index in [1.807, 2.05) is 24.3 Å². The summed E-state index contributed by atoms with van der Waals surface area (Å²) in [6.45, 7) is 0. The van der Waals surface area contributed by atoms with Crippen molar-refractivity contribution in [3.05, 3.63) is 48.5 Å². The third-order valence-electron chi connectivity index (χ3n) is 8.01. The second-order valence-electron chi connectivity index (χ2n) is 10.4. The van der Waals surface area contributed by atoms with Crippen LogP contribution in [-0.2, 0) is 4.12 Å². The molecule has 0 fully saturated rings. The Kier molecular flexibility index (Phi) is 13.4. The molecule has 15 heteroatoms. The van der Waals surface area contributed by atoms with Crippen molar-refractivity contribution < 1.29 is 61.0 Å². The van der Waals surface area contributed by atoms with Crippen LogP contribution < -0.4 is 77.6 Å². The minimum absolute atomic E-state index is 0.472. The minimum atomic E-state index is -2.44. The van der Waals surface area contributed by atoms with Crippen LogP contribution in [0.3, 0.4) is 0 Å². The lowest BCUT2D eigenvalue weighted by Gasteiger charge is -2.29. The monoisotopic (exact) mass is 740 g/mol. The van der Waals surface area contributed by atoms with Crippen LogP contribution >= 0.6 is 0 Å². The van der Waals surface area contributed by atoms with Gasteiger partial charge in [0.2, 0.25) is 0 Å². The van der Waals surface area contributed by atoms with E-state index in [1.54, 1.807) is 110 Å². The van der Waals surface area contributed by atoms with Gasteiger partial charge < -0.3 is 61.0 Å². The number of benzene rings is 4. The maximum Gasteiger partial charge on any atom is 0.280 e. The molecule has 0 bridgehead atoms. The Balaban J connectivity index is 2.18. The van der Waals surface area contributed by atoms with Crippen LogP contribution in [0.25, 0.3) is 0 Å². The molecule has 4 aromatic carbocycles. The Labute approximate surface area is 302 Å². The topological polar surface area (TPSA) is 120 Å². The summed E-state index contributed by atoms with van der Waals surface area (Å²) in [4.78, 5) is 0. The van der Waals surface area contributed by atoms with Crippen molar-refractivity contribution in [1.82, 2.24) is 0 Å². The van der Waals surface area contributed by atoms with E-state index < -0.39 is 18.1 Å². The van der Waals surface area contributed by atoms with Gasteiger partial charge in [-0.25, -0.2) is 0 Å². The Morgan fingerprint density at radius 2 is 0.392 bits per heavy atom. The van der Waals surface area contributed by atoms with Gasteiger partial charge in [0.15, 0.2) is 46.0 Å². The largest absolute Gasteiger partial charge is 0.497 e. The summed E-state index contributed by atoms with van der Waals surface area (Å²) in [5.74, 6) is 5.80. The second-order valence-corrected chi connectivity index (χ2v) is 14.7. The first-order chi connectivity index (χ1) is 24.7. The summed E-state index contributed by atoms with van der Waals surface area (Å²) >= 11 is 0. The fourth-order valence-electron chi connectivity index (χ4n) is 5.44. The lowest BCUT2D eigenvalue weighted by Crippen LogP contribution is -2.57. The molecular weight excluding hydrogens is 697 g/mol. The molecule has 0 N–H and O–H groups in total. The average Bonchev–Trinajstić information content (AvgIpc) is 3.19. The summed E-state index contributed by atoms with van der Waals surface area (Å²) < 4.78 is 77.1. The standard InChI is InChI=1S/C36H44O13Si2/c1-37-21-13-29(45-9)33(17-25(21)41-5)50(34-18-26(42-6)22(38-2)14-30(34)46-10)49-51(35-19-27(43-7)23(39-3)15-31(35)47-11)36-20-28(44-8)24(40-4)16-32(36)48-12/h13-20H,1-12H3. The van der Waals surface area contributed by atoms with E-state index in [-0.39, 0.29) is 0 Å². The van der Waals surface area contributed by atoms with Crippen molar-refractivity contribution in [2.45, 2.75) is 0 Å².